The lowest BCUT2D eigenvalue weighted by atomic mass is 10.0. The number of aryl methyl sites for hydroxylation is 1. The quantitative estimate of drug-likeness (QED) is 0.856. The molecule has 0 radical (unpaired) electrons. The predicted octanol–water partition coefficient (Wildman–Crippen LogP) is 2.20. The van der Waals surface area contributed by atoms with Gasteiger partial charge in [0.1, 0.15) is 17.7 Å². The largest absolute Gasteiger partial charge is 0.342 e. The first-order valence-electron chi connectivity index (χ1n) is 6.76. The summed E-state index contributed by atoms with van der Waals surface area (Å²) in [5.74, 6) is -0.392. The van der Waals surface area contributed by atoms with Crippen LogP contribution < -0.4 is 11.1 Å². The maximum atomic E-state index is 14.1. The molecule has 1 aromatic heterocycles. The van der Waals surface area contributed by atoms with Crippen molar-refractivity contribution in [2.24, 2.45) is 18.7 Å². The van der Waals surface area contributed by atoms with Crippen LogP contribution >= 0.6 is 24.8 Å². The monoisotopic (exact) mass is 362 g/mol. The minimum atomic E-state index is -0.646. The van der Waals surface area contributed by atoms with Crippen molar-refractivity contribution in [1.29, 1.82) is 0 Å². The first-order valence-corrected chi connectivity index (χ1v) is 6.76. The lowest BCUT2D eigenvalue weighted by Crippen LogP contribution is -2.37. The number of amides is 1. The second kappa shape index (κ2) is 9.50. The summed E-state index contributed by atoms with van der Waals surface area (Å²) in [5.41, 5.74) is 5.89. The number of aromatic nitrogens is 2. The van der Waals surface area contributed by atoms with Gasteiger partial charge in [-0.05, 0) is 6.07 Å². The first kappa shape index (κ1) is 21.4. The van der Waals surface area contributed by atoms with Crippen LogP contribution in [0.5, 0.6) is 0 Å². The fourth-order valence-electron chi connectivity index (χ4n) is 2.04. The summed E-state index contributed by atoms with van der Waals surface area (Å²) in [6, 6.07) is 5.70. The third-order valence-electron chi connectivity index (χ3n) is 3.42. The van der Waals surface area contributed by atoms with Gasteiger partial charge in [0.15, 0.2) is 0 Å². The Labute approximate surface area is 147 Å². The summed E-state index contributed by atoms with van der Waals surface area (Å²) in [5, 5.41) is 2.83. The van der Waals surface area contributed by atoms with Crippen LogP contribution in [0.15, 0.2) is 36.7 Å². The third-order valence-corrected chi connectivity index (χ3v) is 3.42. The molecule has 2 aromatic rings. The minimum Gasteiger partial charge on any atom is -0.342 e. The molecule has 1 aromatic carbocycles. The summed E-state index contributed by atoms with van der Waals surface area (Å²) in [6.07, 6.45) is 3.36. The Morgan fingerprint density at radius 1 is 1.39 bits per heavy atom. The number of halogens is 3. The van der Waals surface area contributed by atoms with Crippen molar-refractivity contribution >= 4 is 30.7 Å². The van der Waals surface area contributed by atoms with E-state index >= 15 is 0 Å². The fraction of sp³-hybridized carbons (Fsp3) is 0.333. The highest BCUT2D eigenvalue weighted by Crippen LogP contribution is 2.23. The molecule has 8 heteroatoms. The summed E-state index contributed by atoms with van der Waals surface area (Å²) < 4.78 is 15.8. The summed E-state index contributed by atoms with van der Waals surface area (Å²) in [4.78, 5) is 16.3. The number of benzene rings is 1. The van der Waals surface area contributed by atoms with Crippen LogP contribution in [0.4, 0.5) is 4.39 Å². The maximum absolute atomic E-state index is 14.1. The molecular formula is C15H21Cl2FN4O. The second-order valence-corrected chi connectivity index (χ2v) is 5.00. The topological polar surface area (TPSA) is 72.9 Å². The second-order valence-electron chi connectivity index (χ2n) is 5.00. The van der Waals surface area contributed by atoms with Gasteiger partial charge in [0, 0.05) is 37.5 Å². The molecule has 3 N–H and O–H groups in total. The van der Waals surface area contributed by atoms with Crippen molar-refractivity contribution in [1.82, 2.24) is 14.9 Å². The Kier molecular flexibility index (Phi) is 8.82. The van der Waals surface area contributed by atoms with Crippen LogP contribution in [0, 0.1) is 11.7 Å². The van der Waals surface area contributed by atoms with Crippen molar-refractivity contribution in [3.63, 3.8) is 0 Å². The van der Waals surface area contributed by atoms with Crippen molar-refractivity contribution < 1.29 is 9.18 Å². The molecule has 0 aliphatic rings. The molecule has 0 saturated heterocycles. The molecule has 0 spiro atoms. The van der Waals surface area contributed by atoms with Gasteiger partial charge < -0.3 is 15.6 Å². The average molecular weight is 363 g/mol. The summed E-state index contributed by atoms with van der Waals surface area (Å²) in [6.45, 7) is 1.96. The number of nitrogens with one attached hydrogen (secondary N) is 1. The standard InChI is InChI=1S/C15H19FN4O.2ClH/c1-10(9-17)15(21)19-13(14-18-7-8-20(14)2)11-5-3-4-6-12(11)16;;/h3-8,10,13H,9,17H2,1-2H3,(H,19,21);2*1H. The van der Waals surface area contributed by atoms with Gasteiger partial charge in [-0.15, -0.1) is 24.8 Å². The van der Waals surface area contributed by atoms with E-state index in [0.717, 1.165) is 0 Å². The molecule has 2 rings (SSSR count). The van der Waals surface area contributed by atoms with E-state index in [1.165, 1.54) is 6.07 Å². The normalized spacial score (nSPS) is 12.5. The van der Waals surface area contributed by atoms with Gasteiger partial charge in [0.05, 0.1) is 0 Å². The molecule has 2 atom stereocenters. The molecule has 0 fully saturated rings. The van der Waals surface area contributed by atoms with Crippen LogP contribution in [0.25, 0.3) is 0 Å². The molecule has 1 heterocycles. The van der Waals surface area contributed by atoms with Crippen molar-refractivity contribution in [3.05, 3.63) is 53.9 Å². The van der Waals surface area contributed by atoms with Crippen molar-refractivity contribution in [3.8, 4) is 0 Å². The van der Waals surface area contributed by atoms with Gasteiger partial charge >= 0.3 is 0 Å². The number of imidazole rings is 1. The molecule has 0 saturated carbocycles. The fourth-order valence-corrected chi connectivity index (χ4v) is 2.04. The lowest BCUT2D eigenvalue weighted by Gasteiger charge is -2.21. The van der Waals surface area contributed by atoms with E-state index in [1.807, 2.05) is 0 Å². The van der Waals surface area contributed by atoms with Gasteiger partial charge in [-0.1, -0.05) is 25.1 Å². The van der Waals surface area contributed by atoms with E-state index in [2.05, 4.69) is 10.3 Å². The highest BCUT2D eigenvalue weighted by molar-refractivity contribution is 5.85. The van der Waals surface area contributed by atoms with Gasteiger partial charge in [0.2, 0.25) is 5.91 Å². The zero-order chi connectivity index (χ0) is 15.4. The van der Waals surface area contributed by atoms with E-state index in [0.29, 0.717) is 11.4 Å². The van der Waals surface area contributed by atoms with Gasteiger partial charge in [-0.3, -0.25) is 4.79 Å². The number of rotatable bonds is 5. The molecule has 2 unspecified atom stereocenters. The van der Waals surface area contributed by atoms with E-state index in [4.69, 9.17) is 5.73 Å². The highest BCUT2D eigenvalue weighted by atomic mass is 35.5. The molecule has 128 valence electrons. The molecule has 0 bridgehead atoms. The van der Waals surface area contributed by atoms with Crippen LogP contribution in [-0.4, -0.2) is 22.0 Å². The van der Waals surface area contributed by atoms with Crippen molar-refractivity contribution in [2.45, 2.75) is 13.0 Å². The average Bonchev–Trinajstić information content (AvgIpc) is 2.90. The number of hydrogen-bond acceptors (Lipinski definition) is 3. The zero-order valence-corrected chi connectivity index (χ0v) is 14.5. The third kappa shape index (κ3) is 4.92. The number of nitrogens with zero attached hydrogens (tertiary/aromatic N) is 2. The Morgan fingerprint density at radius 3 is 2.57 bits per heavy atom. The lowest BCUT2D eigenvalue weighted by molar-refractivity contribution is -0.124. The van der Waals surface area contributed by atoms with Crippen LogP contribution in [0.1, 0.15) is 24.4 Å². The Bertz CT molecular complexity index is 635. The van der Waals surface area contributed by atoms with Crippen LogP contribution in [-0.2, 0) is 11.8 Å². The van der Waals surface area contributed by atoms with Gasteiger partial charge in [0.25, 0.3) is 0 Å². The van der Waals surface area contributed by atoms with E-state index in [9.17, 15) is 9.18 Å². The van der Waals surface area contributed by atoms with Gasteiger partial charge in [-0.2, -0.15) is 0 Å². The van der Waals surface area contributed by atoms with Crippen LogP contribution in [0.3, 0.4) is 0 Å². The van der Waals surface area contributed by atoms with E-state index in [1.54, 1.807) is 49.1 Å². The molecule has 1 amide bonds. The maximum Gasteiger partial charge on any atom is 0.224 e. The Morgan fingerprint density at radius 2 is 2.04 bits per heavy atom. The smallest absolute Gasteiger partial charge is 0.224 e. The summed E-state index contributed by atoms with van der Waals surface area (Å²) in [7, 11) is 1.80. The first-order chi connectivity index (χ1) is 10.0. The molecular weight excluding hydrogens is 342 g/mol. The minimum absolute atomic E-state index is 0. The van der Waals surface area contributed by atoms with Gasteiger partial charge in [-0.25, -0.2) is 9.37 Å². The zero-order valence-electron chi connectivity index (χ0n) is 12.9. The Balaban J connectivity index is 0.00000242. The number of carbonyl (C=O) groups is 1. The molecule has 5 nitrogen and oxygen atoms in total. The molecule has 0 aliphatic carbocycles. The van der Waals surface area contributed by atoms with Crippen LogP contribution in [0.2, 0.25) is 0 Å². The number of hydrogen-bond donors (Lipinski definition) is 2. The molecule has 23 heavy (non-hydrogen) atoms. The summed E-state index contributed by atoms with van der Waals surface area (Å²) >= 11 is 0. The SMILES string of the molecule is CC(CN)C(=O)NC(c1ccccc1F)c1nccn1C.Cl.Cl. The Hall–Kier alpha value is -1.63. The van der Waals surface area contributed by atoms with Crippen molar-refractivity contribution in [2.75, 3.05) is 6.54 Å². The number of carbonyl (C=O) groups excluding carboxylic acids is 1. The van der Waals surface area contributed by atoms with E-state index < -0.39 is 6.04 Å². The van der Waals surface area contributed by atoms with E-state index in [-0.39, 0.29) is 49.0 Å². The number of nitrogens with two attached hydrogens (primary N) is 1. The molecule has 0 aliphatic heterocycles. The predicted molar refractivity (Wildman–Crippen MR) is 92.3 cm³/mol. The highest BCUT2D eigenvalue weighted by Gasteiger charge is 2.25.